The Morgan fingerprint density at radius 1 is 1.15 bits per heavy atom. The van der Waals surface area contributed by atoms with E-state index in [9.17, 15) is 5.11 Å². The fraction of sp³-hybridized carbons (Fsp3) is 0.412. The van der Waals surface area contributed by atoms with Gasteiger partial charge in [-0.1, -0.05) is 36.4 Å². The summed E-state index contributed by atoms with van der Waals surface area (Å²) in [6, 6.07) is 12.5. The molecule has 1 aliphatic heterocycles. The van der Waals surface area contributed by atoms with E-state index in [1.54, 1.807) is 0 Å². The van der Waals surface area contributed by atoms with Crippen molar-refractivity contribution in [2.45, 2.75) is 13.0 Å². The van der Waals surface area contributed by atoms with E-state index in [2.05, 4.69) is 41.4 Å². The van der Waals surface area contributed by atoms with Crippen LogP contribution in [-0.4, -0.2) is 42.7 Å². The SMILES string of the molecule is Cc1ccc2ccccc2c1C(O)CN1CCNCC1. The van der Waals surface area contributed by atoms with Crippen LogP contribution in [0, 0.1) is 6.92 Å². The fourth-order valence-electron chi connectivity index (χ4n) is 3.08. The van der Waals surface area contributed by atoms with Gasteiger partial charge in [0.15, 0.2) is 0 Å². The summed E-state index contributed by atoms with van der Waals surface area (Å²) in [5.74, 6) is 0. The van der Waals surface area contributed by atoms with E-state index >= 15 is 0 Å². The molecule has 0 spiro atoms. The van der Waals surface area contributed by atoms with Gasteiger partial charge in [-0.15, -0.1) is 0 Å². The van der Waals surface area contributed by atoms with Gasteiger partial charge in [0.1, 0.15) is 0 Å². The minimum absolute atomic E-state index is 0.417. The van der Waals surface area contributed by atoms with Gasteiger partial charge in [-0.3, -0.25) is 4.90 Å². The lowest BCUT2D eigenvalue weighted by Crippen LogP contribution is -2.45. The van der Waals surface area contributed by atoms with Crippen molar-refractivity contribution in [3.05, 3.63) is 47.5 Å². The molecule has 3 heteroatoms. The number of rotatable bonds is 3. The number of nitrogens with zero attached hydrogens (tertiary/aromatic N) is 1. The molecule has 2 aromatic carbocycles. The molecule has 0 amide bonds. The van der Waals surface area contributed by atoms with Crippen molar-refractivity contribution in [1.82, 2.24) is 10.2 Å². The third kappa shape index (κ3) is 2.70. The molecule has 1 unspecified atom stereocenters. The van der Waals surface area contributed by atoms with Gasteiger partial charge in [-0.25, -0.2) is 0 Å². The first-order valence-corrected chi connectivity index (χ1v) is 7.35. The van der Waals surface area contributed by atoms with Crippen molar-refractivity contribution in [1.29, 1.82) is 0 Å². The Hall–Kier alpha value is -1.42. The average Bonchev–Trinajstić information content (AvgIpc) is 2.48. The molecular weight excluding hydrogens is 248 g/mol. The van der Waals surface area contributed by atoms with E-state index in [0.29, 0.717) is 0 Å². The Morgan fingerprint density at radius 2 is 1.90 bits per heavy atom. The van der Waals surface area contributed by atoms with Crippen LogP contribution in [0.3, 0.4) is 0 Å². The summed E-state index contributed by atoms with van der Waals surface area (Å²) in [7, 11) is 0. The Labute approximate surface area is 120 Å². The van der Waals surface area contributed by atoms with Crippen molar-refractivity contribution in [3.63, 3.8) is 0 Å². The third-order valence-electron chi connectivity index (χ3n) is 4.16. The van der Waals surface area contributed by atoms with Crippen LogP contribution < -0.4 is 5.32 Å². The highest BCUT2D eigenvalue weighted by molar-refractivity contribution is 5.87. The van der Waals surface area contributed by atoms with E-state index in [1.165, 1.54) is 16.3 Å². The van der Waals surface area contributed by atoms with E-state index in [-0.39, 0.29) is 0 Å². The summed E-state index contributed by atoms with van der Waals surface area (Å²) in [4.78, 5) is 2.34. The van der Waals surface area contributed by atoms with Gasteiger partial charge in [0.2, 0.25) is 0 Å². The summed E-state index contributed by atoms with van der Waals surface area (Å²) in [5, 5.41) is 16.4. The second kappa shape index (κ2) is 5.92. The van der Waals surface area contributed by atoms with Crippen LogP contribution in [0.15, 0.2) is 36.4 Å². The Bertz CT molecular complexity index is 591. The lowest BCUT2D eigenvalue weighted by molar-refractivity contribution is 0.106. The zero-order valence-corrected chi connectivity index (χ0v) is 12.0. The number of aliphatic hydroxyl groups is 1. The number of fused-ring (bicyclic) bond motifs is 1. The predicted octanol–water partition coefficient (Wildman–Crippen LogP) is 2.09. The number of benzene rings is 2. The first kappa shape index (κ1) is 13.6. The molecular formula is C17H22N2O. The first-order chi connectivity index (χ1) is 9.75. The van der Waals surface area contributed by atoms with E-state index in [1.807, 2.05) is 12.1 Å². The van der Waals surface area contributed by atoms with Crippen LogP contribution in [0.1, 0.15) is 17.2 Å². The number of nitrogens with one attached hydrogen (secondary N) is 1. The number of hydrogen-bond donors (Lipinski definition) is 2. The van der Waals surface area contributed by atoms with Crippen molar-refractivity contribution < 1.29 is 5.11 Å². The quantitative estimate of drug-likeness (QED) is 0.896. The van der Waals surface area contributed by atoms with Crippen LogP contribution in [0.2, 0.25) is 0 Å². The monoisotopic (exact) mass is 270 g/mol. The zero-order chi connectivity index (χ0) is 13.9. The summed E-state index contributed by atoms with van der Waals surface area (Å²) in [6.07, 6.45) is -0.417. The van der Waals surface area contributed by atoms with E-state index in [0.717, 1.165) is 38.3 Å². The van der Waals surface area contributed by atoms with Gasteiger partial charge in [0, 0.05) is 32.7 Å². The van der Waals surface area contributed by atoms with Crippen LogP contribution in [0.5, 0.6) is 0 Å². The second-order valence-corrected chi connectivity index (χ2v) is 5.58. The minimum Gasteiger partial charge on any atom is -0.387 e. The molecule has 0 saturated carbocycles. The van der Waals surface area contributed by atoms with Crippen LogP contribution in [0.4, 0.5) is 0 Å². The summed E-state index contributed by atoms with van der Waals surface area (Å²) in [6.45, 7) is 6.86. The van der Waals surface area contributed by atoms with Crippen molar-refractivity contribution >= 4 is 10.8 Å². The lowest BCUT2D eigenvalue weighted by atomic mass is 9.95. The number of hydrogen-bond acceptors (Lipinski definition) is 3. The lowest BCUT2D eigenvalue weighted by Gasteiger charge is -2.30. The maximum atomic E-state index is 10.7. The Balaban J connectivity index is 1.89. The van der Waals surface area contributed by atoms with Gasteiger partial charge >= 0.3 is 0 Å². The molecule has 2 aromatic rings. The third-order valence-corrected chi connectivity index (χ3v) is 4.16. The molecule has 1 fully saturated rings. The molecule has 1 heterocycles. The van der Waals surface area contributed by atoms with Crippen LogP contribution in [-0.2, 0) is 0 Å². The number of piperazine rings is 1. The van der Waals surface area contributed by atoms with Crippen molar-refractivity contribution in [2.24, 2.45) is 0 Å². The molecule has 1 atom stereocenters. The largest absolute Gasteiger partial charge is 0.387 e. The highest BCUT2D eigenvalue weighted by Gasteiger charge is 2.18. The summed E-state index contributed by atoms with van der Waals surface area (Å²) < 4.78 is 0. The van der Waals surface area contributed by atoms with Gasteiger partial charge in [0.25, 0.3) is 0 Å². The maximum Gasteiger partial charge on any atom is 0.0925 e. The van der Waals surface area contributed by atoms with Gasteiger partial charge in [0.05, 0.1) is 6.10 Å². The van der Waals surface area contributed by atoms with E-state index < -0.39 is 6.10 Å². The molecule has 2 N–H and O–H groups in total. The first-order valence-electron chi connectivity index (χ1n) is 7.35. The molecule has 3 rings (SSSR count). The molecule has 20 heavy (non-hydrogen) atoms. The molecule has 0 aliphatic carbocycles. The Kier molecular flexibility index (Phi) is 4.01. The maximum absolute atomic E-state index is 10.7. The second-order valence-electron chi connectivity index (χ2n) is 5.58. The minimum atomic E-state index is -0.417. The Morgan fingerprint density at radius 3 is 2.70 bits per heavy atom. The fourth-order valence-corrected chi connectivity index (χ4v) is 3.08. The molecule has 3 nitrogen and oxygen atoms in total. The van der Waals surface area contributed by atoms with Gasteiger partial charge in [-0.2, -0.15) is 0 Å². The molecule has 1 aliphatic rings. The van der Waals surface area contributed by atoms with Crippen LogP contribution in [0.25, 0.3) is 10.8 Å². The summed E-state index contributed by atoms with van der Waals surface area (Å²) in [5.41, 5.74) is 2.26. The van der Waals surface area contributed by atoms with E-state index in [4.69, 9.17) is 0 Å². The summed E-state index contributed by atoms with van der Waals surface area (Å²) >= 11 is 0. The number of aliphatic hydroxyl groups excluding tert-OH is 1. The topological polar surface area (TPSA) is 35.5 Å². The smallest absolute Gasteiger partial charge is 0.0925 e. The normalized spacial score (nSPS) is 18.3. The molecule has 106 valence electrons. The molecule has 1 saturated heterocycles. The average molecular weight is 270 g/mol. The predicted molar refractivity (Wildman–Crippen MR) is 83.0 cm³/mol. The van der Waals surface area contributed by atoms with Crippen LogP contribution >= 0.6 is 0 Å². The number of β-amino-alcohol motifs (C(OH)–C–C–N with tert-alkyl or cyclic N) is 1. The highest BCUT2D eigenvalue weighted by Crippen LogP contribution is 2.28. The molecule has 0 bridgehead atoms. The van der Waals surface area contributed by atoms with Gasteiger partial charge < -0.3 is 10.4 Å². The molecule has 0 aromatic heterocycles. The van der Waals surface area contributed by atoms with Crippen molar-refractivity contribution in [3.8, 4) is 0 Å². The standard InChI is InChI=1S/C17H22N2O/c1-13-6-7-14-4-2-3-5-15(14)17(13)16(20)12-19-10-8-18-9-11-19/h2-7,16,18,20H,8-12H2,1H3. The zero-order valence-electron chi connectivity index (χ0n) is 12.0. The van der Waals surface area contributed by atoms with Crippen molar-refractivity contribution in [2.75, 3.05) is 32.7 Å². The highest BCUT2D eigenvalue weighted by atomic mass is 16.3. The molecule has 0 radical (unpaired) electrons. The number of aryl methyl sites for hydroxylation is 1. The van der Waals surface area contributed by atoms with Gasteiger partial charge in [-0.05, 0) is 28.8 Å².